The molecule has 0 spiro atoms. The highest BCUT2D eigenvalue weighted by Gasteiger charge is 2.26. The Kier molecular flexibility index (Phi) is 4.18. The summed E-state index contributed by atoms with van der Waals surface area (Å²) in [7, 11) is 1.70. The third kappa shape index (κ3) is 2.80. The van der Waals surface area contributed by atoms with Crippen molar-refractivity contribution in [3.8, 4) is 5.75 Å². The molecular weight excluding hydrogens is 348 g/mol. The molecule has 1 nitrogen and oxygen atoms in total. The van der Waals surface area contributed by atoms with Gasteiger partial charge < -0.3 is 4.74 Å². The van der Waals surface area contributed by atoms with E-state index in [9.17, 15) is 0 Å². The quantitative estimate of drug-likeness (QED) is 0.511. The lowest BCUT2D eigenvalue weighted by molar-refractivity contribution is 0.415. The molecule has 0 N–H and O–H groups in total. The molecule has 1 aliphatic rings. The van der Waals surface area contributed by atoms with Crippen molar-refractivity contribution >= 4 is 34.1 Å². The molecule has 1 aliphatic carbocycles. The van der Waals surface area contributed by atoms with Crippen LogP contribution in [0.3, 0.4) is 0 Å². The molecule has 1 aromatic heterocycles. The lowest BCUT2D eigenvalue weighted by Crippen LogP contribution is -1.92. The molecule has 0 radical (unpaired) electrons. The first kappa shape index (κ1) is 16.4. The molecule has 0 amide bonds. The van der Waals surface area contributed by atoms with E-state index in [1.165, 1.54) is 43.8 Å². The van der Waals surface area contributed by atoms with Gasteiger partial charge in [0, 0.05) is 9.90 Å². The van der Waals surface area contributed by atoms with E-state index in [-0.39, 0.29) is 0 Å². The van der Waals surface area contributed by atoms with Crippen molar-refractivity contribution < 1.29 is 4.74 Å². The van der Waals surface area contributed by atoms with Gasteiger partial charge in [-0.2, -0.15) is 0 Å². The fraction of sp³-hybridized carbons (Fsp3) is 0.182. The van der Waals surface area contributed by atoms with E-state index in [1.54, 1.807) is 7.11 Å². The van der Waals surface area contributed by atoms with Crippen LogP contribution in [0.5, 0.6) is 5.75 Å². The fourth-order valence-corrected chi connectivity index (χ4v) is 4.75. The SMILES string of the molecule is COc1ccc(C2=C(c3c(C)csc3C)Cc3ccc(Cl)cc32)cc1. The van der Waals surface area contributed by atoms with Gasteiger partial charge >= 0.3 is 0 Å². The third-order valence-electron chi connectivity index (χ3n) is 4.85. The van der Waals surface area contributed by atoms with Gasteiger partial charge in [0.15, 0.2) is 0 Å². The van der Waals surface area contributed by atoms with Crippen LogP contribution in [0.4, 0.5) is 0 Å². The van der Waals surface area contributed by atoms with Crippen molar-refractivity contribution in [3.05, 3.63) is 85.6 Å². The summed E-state index contributed by atoms with van der Waals surface area (Å²) in [5.74, 6) is 0.873. The van der Waals surface area contributed by atoms with Crippen molar-refractivity contribution in [2.45, 2.75) is 20.3 Å². The van der Waals surface area contributed by atoms with Gasteiger partial charge in [-0.25, -0.2) is 0 Å². The lowest BCUT2D eigenvalue weighted by atomic mass is 9.93. The van der Waals surface area contributed by atoms with E-state index < -0.39 is 0 Å². The summed E-state index contributed by atoms with van der Waals surface area (Å²) in [5, 5.41) is 3.03. The normalized spacial score (nSPS) is 13.3. The minimum Gasteiger partial charge on any atom is -0.497 e. The monoisotopic (exact) mass is 366 g/mol. The zero-order chi connectivity index (χ0) is 17.6. The molecule has 0 aliphatic heterocycles. The van der Waals surface area contributed by atoms with Crippen molar-refractivity contribution in [1.29, 1.82) is 0 Å². The van der Waals surface area contributed by atoms with Gasteiger partial charge in [0.2, 0.25) is 0 Å². The largest absolute Gasteiger partial charge is 0.497 e. The first-order valence-corrected chi connectivity index (χ1v) is 9.55. The summed E-state index contributed by atoms with van der Waals surface area (Å²) < 4.78 is 5.32. The molecule has 0 bridgehead atoms. The van der Waals surface area contributed by atoms with Crippen molar-refractivity contribution in [1.82, 2.24) is 0 Å². The Morgan fingerprint density at radius 3 is 2.44 bits per heavy atom. The highest BCUT2D eigenvalue weighted by Crippen LogP contribution is 2.45. The summed E-state index contributed by atoms with van der Waals surface area (Å²) in [6.45, 7) is 4.41. The van der Waals surface area contributed by atoms with Gasteiger partial charge in [0.25, 0.3) is 0 Å². The molecule has 0 fully saturated rings. The molecule has 0 atom stereocenters. The number of benzene rings is 2. The number of fused-ring (bicyclic) bond motifs is 1. The molecule has 25 heavy (non-hydrogen) atoms. The summed E-state index contributed by atoms with van der Waals surface area (Å²) in [5.41, 5.74) is 9.24. The van der Waals surface area contributed by atoms with E-state index in [0.717, 1.165) is 17.2 Å². The molecule has 0 unspecified atom stereocenters. The Hall–Kier alpha value is -2.03. The molecule has 126 valence electrons. The van der Waals surface area contributed by atoms with Crippen LogP contribution in [-0.4, -0.2) is 7.11 Å². The highest BCUT2D eigenvalue weighted by atomic mass is 35.5. The van der Waals surface area contributed by atoms with Crippen molar-refractivity contribution in [3.63, 3.8) is 0 Å². The van der Waals surface area contributed by atoms with Crippen molar-refractivity contribution in [2.24, 2.45) is 0 Å². The van der Waals surface area contributed by atoms with Crippen LogP contribution < -0.4 is 4.74 Å². The van der Waals surface area contributed by atoms with Gasteiger partial charge in [-0.1, -0.05) is 29.8 Å². The number of thiophene rings is 1. The van der Waals surface area contributed by atoms with Crippen LogP contribution in [0, 0.1) is 13.8 Å². The maximum atomic E-state index is 6.32. The second-order valence-electron chi connectivity index (χ2n) is 6.41. The Balaban J connectivity index is 1.97. The van der Waals surface area contributed by atoms with Gasteiger partial charge in [-0.15, -0.1) is 11.3 Å². The van der Waals surface area contributed by atoms with E-state index in [1.807, 2.05) is 29.5 Å². The number of halogens is 1. The second kappa shape index (κ2) is 6.36. The lowest BCUT2D eigenvalue weighted by Gasteiger charge is -2.12. The number of rotatable bonds is 3. The number of methoxy groups -OCH3 is 1. The maximum absolute atomic E-state index is 6.32. The highest BCUT2D eigenvalue weighted by molar-refractivity contribution is 7.10. The zero-order valence-corrected chi connectivity index (χ0v) is 16.1. The first-order valence-electron chi connectivity index (χ1n) is 8.30. The fourth-order valence-electron chi connectivity index (χ4n) is 3.70. The molecule has 3 aromatic rings. The number of allylic oxidation sites excluding steroid dienone is 1. The van der Waals surface area contributed by atoms with E-state index in [0.29, 0.717) is 0 Å². The third-order valence-corrected chi connectivity index (χ3v) is 6.11. The van der Waals surface area contributed by atoms with Crippen LogP contribution in [-0.2, 0) is 6.42 Å². The summed E-state index contributed by atoms with van der Waals surface area (Å²) in [6.07, 6.45) is 0.951. The predicted octanol–water partition coefficient (Wildman–Crippen LogP) is 6.54. The number of ether oxygens (including phenoxy) is 1. The minimum atomic E-state index is 0.782. The maximum Gasteiger partial charge on any atom is 0.118 e. The molecule has 1 heterocycles. The predicted molar refractivity (Wildman–Crippen MR) is 108 cm³/mol. The van der Waals surface area contributed by atoms with Gasteiger partial charge in [0.1, 0.15) is 5.75 Å². The van der Waals surface area contributed by atoms with Crippen LogP contribution in [0.15, 0.2) is 47.8 Å². The molecular formula is C22H19ClOS. The van der Waals surface area contributed by atoms with Crippen molar-refractivity contribution in [2.75, 3.05) is 7.11 Å². The molecule has 3 heteroatoms. The van der Waals surface area contributed by atoms with Gasteiger partial charge in [0.05, 0.1) is 7.11 Å². The van der Waals surface area contributed by atoms with Crippen LogP contribution in [0.2, 0.25) is 5.02 Å². The van der Waals surface area contributed by atoms with Gasteiger partial charge in [-0.3, -0.25) is 0 Å². The van der Waals surface area contributed by atoms with Crippen LogP contribution in [0.1, 0.15) is 32.7 Å². The number of aryl methyl sites for hydroxylation is 2. The first-order chi connectivity index (χ1) is 12.1. The summed E-state index contributed by atoms with van der Waals surface area (Å²) in [6, 6.07) is 14.6. The molecule has 4 rings (SSSR count). The molecule has 2 aromatic carbocycles. The minimum absolute atomic E-state index is 0.782. The zero-order valence-electron chi connectivity index (χ0n) is 14.5. The van der Waals surface area contributed by atoms with E-state index in [2.05, 4.69) is 43.5 Å². The standard InChI is InChI=1S/C22H19ClOS/c1-13-12-25-14(2)21(13)20-10-16-4-7-17(23)11-19(16)22(20)15-5-8-18(24-3)9-6-15/h4-9,11-12H,10H2,1-3H3. The Bertz CT molecular complexity index is 960. The molecule has 0 saturated carbocycles. The van der Waals surface area contributed by atoms with Gasteiger partial charge in [-0.05, 0) is 88.9 Å². The Labute approximate surface area is 157 Å². The topological polar surface area (TPSA) is 9.23 Å². The summed E-state index contributed by atoms with van der Waals surface area (Å²) in [4.78, 5) is 1.37. The second-order valence-corrected chi connectivity index (χ2v) is 7.93. The Morgan fingerprint density at radius 1 is 1.04 bits per heavy atom. The van der Waals surface area contributed by atoms with Crippen LogP contribution >= 0.6 is 22.9 Å². The number of hydrogen-bond acceptors (Lipinski definition) is 2. The average molecular weight is 367 g/mol. The average Bonchev–Trinajstić information content (AvgIpc) is 3.14. The van der Waals surface area contributed by atoms with E-state index >= 15 is 0 Å². The number of hydrogen-bond donors (Lipinski definition) is 0. The smallest absolute Gasteiger partial charge is 0.118 e. The van der Waals surface area contributed by atoms with Crippen LogP contribution in [0.25, 0.3) is 11.1 Å². The summed E-state index contributed by atoms with van der Waals surface area (Å²) >= 11 is 8.14. The molecule has 0 saturated heterocycles. The van der Waals surface area contributed by atoms with E-state index in [4.69, 9.17) is 16.3 Å². The Morgan fingerprint density at radius 2 is 1.80 bits per heavy atom.